The minimum atomic E-state index is 0.451. The van der Waals surface area contributed by atoms with Gasteiger partial charge in [0, 0.05) is 13.5 Å². The number of aryl methyl sites for hydroxylation is 3. The molecule has 2 heterocycles. The van der Waals surface area contributed by atoms with Gasteiger partial charge in [-0.2, -0.15) is 5.21 Å². The molecule has 0 unspecified atom stereocenters. The zero-order valence-electron chi connectivity index (χ0n) is 7.58. The Labute approximate surface area is 84.8 Å². The average Bonchev–Trinajstić information content (AvgIpc) is 2.72. The van der Waals surface area contributed by atoms with Crippen molar-refractivity contribution in [2.45, 2.75) is 13.0 Å². The normalized spacial score (nSPS) is 10.6. The number of hydrogen-bond donors (Lipinski definition) is 1. The molecule has 8 heteroatoms. The van der Waals surface area contributed by atoms with Crippen molar-refractivity contribution in [3.8, 4) is 0 Å². The quantitative estimate of drug-likeness (QED) is 0.706. The van der Waals surface area contributed by atoms with Crippen molar-refractivity contribution in [1.29, 1.82) is 0 Å². The van der Waals surface area contributed by atoms with Crippen molar-refractivity contribution in [3.05, 3.63) is 16.9 Å². The predicted octanol–water partition coefficient (Wildman–Crippen LogP) is -0.293. The van der Waals surface area contributed by atoms with Gasteiger partial charge >= 0.3 is 0 Å². The molecule has 0 radical (unpaired) electrons. The Hall–Kier alpha value is -1.57. The molecule has 2 aromatic heterocycles. The van der Waals surface area contributed by atoms with E-state index in [9.17, 15) is 0 Å². The Morgan fingerprint density at radius 1 is 1.50 bits per heavy atom. The molecule has 0 spiro atoms. The van der Waals surface area contributed by atoms with Gasteiger partial charge in [0.25, 0.3) is 0 Å². The molecule has 0 aromatic carbocycles. The van der Waals surface area contributed by atoms with Crippen molar-refractivity contribution in [1.82, 2.24) is 35.0 Å². The van der Waals surface area contributed by atoms with Crippen molar-refractivity contribution in [2.24, 2.45) is 7.05 Å². The summed E-state index contributed by atoms with van der Waals surface area (Å²) in [6, 6.07) is 0. The first kappa shape index (κ1) is 9.00. The second-order valence-corrected chi connectivity index (χ2v) is 3.21. The van der Waals surface area contributed by atoms with Crippen molar-refractivity contribution >= 4 is 12.2 Å². The molecule has 0 aliphatic carbocycles. The Morgan fingerprint density at radius 2 is 2.36 bits per heavy atom. The van der Waals surface area contributed by atoms with Crippen LogP contribution < -0.4 is 0 Å². The Kier molecular flexibility index (Phi) is 2.35. The van der Waals surface area contributed by atoms with Crippen LogP contribution in [0.15, 0.2) is 6.33 Å². The molecule has 7 nitrogen and oxygen atoms in total. The monoisotopic (exact) mass is 211 g/mol. The lowest BCUT2D eigenvalue weighted by Gasteiger charge is -1.99. The van der Waals surface area contributed by atoms with Gasteiger partial charge in [0.2, 0.25) is 4.77 Å². The lowest BCUT2D eigenvalue weighted by molar-refractivity contribution is 0.563. The highest BCUT2D eigenvalue weighted by atomic mass is 32.1. The van der Waals surface area contributed by atoms with Gasteiger partial charge in [0.05, 0.1) is 6.54 Å². The molecule has 1 N–H and O–H groups in total. The third-order valence-corrected chi connectivity index (χ3v) is 2.20. The van der Waals surface area contributed by atoms with Crippen LogP contribution in [0.4, 0.5) is 0 Å². The highest BCUT2D eigenvalue weighted by molar-refractivity contribution is 7.71. The van der Waals surface area contributed by atoms with Crippen LogP contribution in [-0.4, -0.2) is 35.0 Å². The lowest BCUT2D eigenvalue weighted by atomic mass is 10.4. The van der Waals surface area contributed by atoms with E-state index < -0.39 is 0 Å². The molecule has 0 atom stereocenters. The van der Waals surface area contributed by atoms with Crippen molar-refractivity contribution < 1.29 is 0 Å². The van der Waals surface area contributed by atoms with Gasteiger partial charge in [0.1, 0.15) is 12.2 Å². The third kappa shape index (κ3) is 1.69. The van der Waals surface area contributed by atoms with Gasteiger partial charge in [-0.15, -0.1) is 10.2 Å². The summed E-state index contributed by atoms with van der Waals surface area (Å²) in [5, 5.41) is 17.7. The molecule has 0 saturated carbocycles. The predicted molar refractivity (Wildman–Crippen MR) is 49.9 cm³/mol. The van der Waals surface area contributed by atoms with Gasteiger partial charge in [0.15, 0.2) is 0 Å². The Balaban J connectivity index is 2.05. The summed E-state index contributed by atoms with van der Waals surface area (Å²) in [5.74, 6) is 0.904. The van der Waals surface area contributed by atoms with E-state index in [1.54, 1.807) is 11.0 Å². The minimum Gasteiger partial charge on any atom is -0.321 e. The van der Waals surface area contributed by atoms with Gasteiger partial charge < -0.3 is 4.57 Å². The van der Waals surface area contributed by atoms with E-state index in [4.69, 9.17) is 12.2 Å². The van der Waals surface area contributed by atoms with Crippen LogP contribution in [0, 0.1) is 4.77 Å². The number of rotatable bonds is 3. The molecule has 2 aromatic rings. The zero-order valence-corrected chi connectivity index (χ0v) is 8.40. The maximum absolute atomic E-state index is 4.93. The van der Waals surface area contributed by atoms with E-state index in [0.717, 1.165) is 12.2 Å². The second-order valence-electron chi connectivity index (χ2n) is 2.84. The van der Waals surface area contributed by atoms with Crippen LogP contribution >= 0.6 is 12.2 Å². The molecular formula is C6H9N7S. The van der Waals surface area contributed by atoms with E-state index in [0.29, 0.717) is 11.3 Å². The number of aromatic amines is 1. The molecule has 0 saturated heterocycles. The second kappa shape index (κ2) is 3.66. The van der Waals surface area contributed by atoms with Crippen molar-refractivity contribution in [2.75, 3.05) is 0 Å². The largest absolute Gasteiger partial charge is 0.321 e. The fourth-order valence-electron chi connectivity index (χ4n) is 1.11. The van der Waals surface area contributed by atoms with Gasteiger partial charge in [-0.3, -0.25) is 0 Å². The summed E-state index contributed by atoms with van der Waals surface area (Å²) in [6.07, 6.45) is 2.41. The Bertz CT molecular complexity index is 466. The zero-order chi connectivity index (χ0) is 9.97. The fraction of sp³-hybridized carbons (Fsp3) is 0.500. The summed E-state index contributed by atoms with van der Waals surface area (Å²) in [6.45, 7) is 0.679. The maximum Gasteiger partial charge on any atom is 0.238 e. The molecule has 0 fully saturated rings. The molecular weight excluding hydrogens is 202 g/mol. The first-order chi connectivity index (χ1) is 6.77. The van der Waals surface area contributed by atoms with E-state index in [1.807, 2.05) is 11.6 Å². The smallest absolute Gasteiger partial charge is 0.238 e. The van der Waals surface area contributed by atoms with Crippen molar-refractivity contribution in [3.63, 3.8) is 0 Å². The Morgan fingerprint density at radius 3 is 2.93 bits per heavy atom. The number of aromatic nitrogens is 7. The van der Waals surface area contributed by atoms with Gasteiger partial charge in [-0.1, -0.05) is 10.3 Å². The summed E-state index contributed by atoms with van der Waals surface area (Å²) < 4.78 is 4.00. The lowest BCUT2D eigenvalue weighted by Crippen LogP contribution is -2.07. The van der Waals surface area contributed by atoms with Gasteiger partial charge in [-0.25, -0.2) is 4.68 Å². The summed E-state index contributed by atoms with van der Waals surface area (Å²) in [4.78, 5) is 0. The minimum absolute atomic E-state index is 0.451. The summed E-state index contributed by atoms with van der Waals surface area (Å²) in [5.41, 5.74) is 0. The molecule has 74 valence electrons. The maximum atomic E-state index is 4.93. The van der Waals surface area contributed by atoms with E-state index in [-0.39, 0.29) is 0 Å². The van der Waals surface area contributed by atoms with Crippen LogP contribution in [-0.2, 0) is 20.0 Å². The first-order valence-corrected chi connectivity index (χ1v) is 4.49. The summed E-state index contributed by atoms with van der Waals surface area (Å²) in [7, 11) is 1.90. The standard InChI is InChI=1S/C6H9N7S/c1-12-4-7-8-5(12)2-3-13-6(14)9-10-11-13/h4H,2-3H2,1H3,(H,9,11,14). The number of hydrogen-bond acceptors (Lipinski definition) is 5. The highest BCUT2D eigenvalue weighted by Gasteiger charge is 2.01. The highest BCUT2D eigenvalue weighted by Crippen LogP contribution is 1.95. The molecule has 2 rings (SSSR count). The van der Waals surface area contributed by atoms with Crippen LogP contribution in [0.3, 0.4) is 0 Å². The van der Waals surface area contributed by atoms with E-state index >= 15 is 0 Å². The number of nitrogens with one attached hydrogen (secondary N) is 1. The number of nitrogens with zero attached hydrogens (tertiary/aromatic N) is 6. The van der Waals surface area contributed by atoms with E-state index in [1.165, 1.54) is 0 Å². The number of tetrazole rings is 1. The summed E-state index contributed by atoms with van der Waals surface area (Å²) >= 11 is 4.93. The topological polar surface area (TPSA) is 77.2 Å². The number of H-pyrrole nitrogens is 1. The van der Waals surface area contributed by atoms with Crippen LogP contribution in [0.25, 0.3) is 0 Å². The molecule has 14 heavy (non-hydrogen) atoms. The molecule has 0 amide bonds. The van der Waals surface area contributed by atoms with E-state index in [2.05, 4.69) is 25.7 Å². The molecule has 0 bridgehead atoms. The van der Waals surface area contributed by atoms with Crippen LogP contribution in [0.1, 0.15) is 5.82 Å². The SMILES string of the molecule is Cn1cnnc1CCn1[nH]nnc1=S. The third-order valence-electron chi connectivity index (χ3n) is 1.90. The average molecular weight is 211 g/mol. The van der Waals surface area contributed by atoms with Crippen LogP contribution in [0.5, 0.6) is 0 Å². The first-order valence-electron chi connectivity index (χ1n) is 4.08. The molecule has 0 aliphatic rings. The van der Waals surface area contributed by atoms with Gasteiger partial charge in [-0.05, 0) is 12.2 Å². The molecule has 0 aliphatic heterocycles. The van der Waals surface area contributed by atoms with Crippen LogP contribution in [0.2, 0.25) is 0 Å². The fourth-order valence-corrected chi connectivity index (χ4v) is 1.28.